The highest BCUT2D eigenvalue weighted by Gasteiger charge is 2.17. The molecule has 4 rings (SSSR count). The topological polar surface area (TPSA) is 87.3 Å². The van der Waals surface area contributed by atoms with Crippen molar-refractivity contribution >= 4 is 58.5 Å². The lowest BCUT2D eigenvalue weighted by Gasteiger charge is -2.14. The summed E-state index contributed by atoms with van der Waals surface area (Å²) < 4.78 is 0. The van der Waals surface area contributed by atoms with Crippen LogP contribution in [0.25, 0.3) is 6.08 Å². The van der Waals surface area contributed by atoms with Crippen LogP contribution < -0.4 is 16.0 Å². The minimum Gasteiger partial charge on any atom is -0.325 e. The van der Waals surface area contributed by atoms with Crippen LogP contribution in [0.4, 0.5) is 11.4 Å². The van der Waals surface area contributed by atoms with Crippen molar-refractivity contribution in [1.82, 2.24) is 5.32 Å². The van der Waals surface area contributed by atoms with Gasteiger partial charge in [-0.3, -0.25) is 14.4 Å². The summed E-state index contributed by atoms with van der Waals surface area (Å²) >= 11 is 7.30. The molecule has 0 aliphatic carbocycles. The molecule has 8 heteroatoms. The lowest BCUT2D eigenvalue weighted by atomic mass is 10.1. The molecule has 0 fully saturated rings. The lowest BCUT2D eigenvalue weighted by molar-refractivity contribution is -0.115. The summed E-state index contributed by atoms with van der Waals surface area (Å²) in [6.07, 6.45) is 1.65. The second-order valence-electron chi connectivity index (χ2n) is 9.03. The number of nitrogens with one attached hydrogen (secondary N) is 3. The Morgan fingerprint density at radius 1 is 0.800 bits per heavy atom. The monoisotopic (exact) mass is 569 g/mol. The highest BCUT2D eigenvalue weighted by molar-refractivity contribution is 8.00. The third-order valence-electron chi connectivity index (χ3n) is 5.79. The number of hydrogen-bond acceptors (Lipinski definition) is 4. The summed E-state index contributed by atoms with van der Waals surface area (Å²) in [5.74, 6) is -0.973. The first kappa shape index (κ1) is 28.7. The predicted octanol–water partition coefficient (Wildman–Crippen LogP) is 7.18. The Hall–Kier alpha value is -4.33. The number of amides is 3. The van der Waals surface area contributed by atoms with E-state index in [0.717, 1.165) is 16.0 Å². The number of anilines is 2. The zero-order valence-corrected chi connectivity index (χ0v) is 23.6. The Bertz CT molecular complexity index is 1520. The van der Waals surface area contributed by atoms with Gasteiger partial charge in [0.15, 0.2) is 0 Å². The molecule has 1 atom stereocenters. The second-order valence-corrected chi connectivity index (χ2v) is 10.9. The molecule has 0 spiro atoms. The van der Waals surface area contributed by atoms with Gasteiger partial charge in [0.2, 0.25) is 5.91 Å². The van der Waals surface area contributed by atoms with E-state index in [9.17, 15) is 14.4 Å². The van der Waals surface area contributed by atoms with Crippen molar-refractivity contribution in [3.63, 3.8) is 0 Å². The molecule has 6 nitrogen and oxygen atoms in total. The molecule has 0 bridgehead atoms. The second kappa shape index (κ2) is 13.6. The van der Waals surface area contributed by atoms with E-state index < -0.39 is 5.91 Å². The molecule has 0 aromatic heterocycles. The normalized spacial score (nSPS) is 11.8. The van der Waals surface area contributed by atoms with Gasteiger partial charge in [0.05, 0.1) is 5.25 Å². The maximum Gasteiger partial charge on any atom is 0.272 e. The first-order valence-corrected chi connectivity index (χ1v) is 13.8. The van der Waals surface area contributed by atoms with Gasteiger partial charge in [0.25, 0.3) is 11.8 Å². The van der Waals surface area contributed by atoms with Crippen molar-refractivity contribution in [3.05, 3.63) is 131 Å². The first-order valence-electron chi connectivity index (χ1n) is 12.6. The van der Waals surface area contributed by atoms with E-state index in [1.165, 1.54) is 11.8 Å². The summed E-state index contributed by atoms with van der Waals surface area (Å²) in [6, 6.07) is 30.5. The fraction of sp³-hybridized carbons (Fsp3) is 0.0938. The molecule has 3 N–H and O–H groups in total. The van der Waals surface area contributed by atoms with Crippen LogP contribution in [0.15, 0.2) is 114 Å². The summed E-state index contributed by atoms with van der Waals surface area (Å²) in [5.41, 5.74) is 3.61. The minimum absolute atomic E-state index is 0.116. The molecule has 0 radical (unpaired) electrons. The van der Waals surface area contributed by atoms with E-state index in [1.807, 2.05) is 56.3 Å². The molecule has 3 amide bonds. The molecule has 0 aliphatic rings. The van der Waals surface area contributed by atoms with Crippen molar-refractivity contribution in [3.8, 4) is 0 Å². The smallest absolute Gasteiger partial charge is 0.272 e. The van der Waals surface area contributed by atoms with Gasteiger partial charge in [-0.15, -0.1) is 11.8 Å². The molecule has 0 heterocycles. The van der Waals surface area contributed by atoms with Crippen molar-refractivity contribution in [2.75, 3.05) is 10.6 Å². The summed E-state index contributed by atoms with van der Waals surface area (Å²) in [4.78, 5) is 39.5. The number of benzene rings is 4. The van der Waals surface area contributed by atoms with E-state index in [2.05, 4.69) is 16.0 Å². The van der Waals surface area contributed by atoms with Crippen LogP contribution in [0.1, 0.15) is 28.4 Å². The van der Waals surface area contributed by atoms with Gasteiger partial charge in [-0.05, 0) is 86.2 Å². The average Bonchev–Trinajstić information content (AvgIpc) is 2.95. The third kappa shape index (κ3) is 8.33. The number of thioether (sulfide) groups is 1. The molecule has 0 saturated carbocycles. The average molecular weight is 570 g/mol. The van der Waals surface area contributed by atoms with Gasteiger partial charge in [0, 0.05) is 26.9 Å². The summed E-state index contributed by atoms with van der Waals surface area (Å²) in [7, 11) is 0. The molecule has 1 unspecified atom stereocenters. The first-order chi connectivity index (χ1) is 19.3. The van der Waals surface area contributed by atoms with Crippen LogP contribution in [-0.4, -0.2) is 23.0 Å². The molecule has 0 saturated heterocycles. The fourth-order valence-electron chi connectivity index (χ4n) is 3.72. The zero-order valence-electron chi connectivity index (χ0n) is 22.0. The number of rotatable bonds is 9. The summed E-state index contributed by atoms with van der Waals surface area (Å²) in [6.45, 7) is 3.78. The van der Waals surface area contributed by atoms with E-state index in [0.29, 0.717) is 22.0 Å². The number of aryl methyl sites for hydroxylation is 1. The third-order valence-corrected chi connectivity index (χ3v) is 7.15. The van der Waals surface area contributed by atoms with Crippen LogP contribution in [0.5, 0.6) is 0 Å². The molecule has 4 aromatic rings. The van der Waals surface area contributed by atoms with Crippen LogP contribution in [0, 0.1) is 6.92 Å². The van der Waals surface area contributed by atoms with Crippen LogP contribution >= 0.6 is 23.4 Å². The summed E-state index contributed by atoms with van der Waals surface area (Å²) in [5, 5.41) is 8.72. The molecular weight excluding hydrogens is 542 g/mol. The largest absolute Gasteiger partial charge is 0.325 e. The maximum absolute atomic E-state index is 13.3. The fourth-order valence-corrected chi connectivity index (χ4v) is 4.71. The SMILES string of the molecule is Cc1cccc(/C=C(\NC(=O)c2ccccc2)C(=O)Nc2ccc(SC(C)C(=O)Nc3ccc(Cl)cc3)cc2)c1. The Kier molecular flexibility index (Phi) is 9.78. The van der Waals surface area contributed by atoms with E-state index in [-0.39, 0.29) is 22.8 Å². The number of halogens is 1. The number of carbonyl (C=O) groups excluding carboxylic acids is 3. The van der Waals surface area contributed by atoms with Crippen molar-refractivity contribution < 1.29 is 14.4 Å². The minimum atomic E-state index is -0.457. The Morgan fingerprint density at radius 3 is 2.12 bits per heavy atom. The van der Waals surface area contributed by atoms with Crippen LogP contribution in [-0.2, 0) is 9.59 Å². The molecular formula is C32H28ClN3O3S. The van der Waals surface area contributed by atoms with Gasteiger partial charge in [-0.1, -0.05) is 59.6 Å². The highest BCUT2D eigenvalue weighted by Crippen LogP contribution is 2.26. The standard InChI is InChI=1S/C32H28ClN3O3S/c1-21-7-6-8-23(19-21)20-29(36-31(38)24-9-4-3-5-10-24)32(39)35-27-15-17-28(18-16-27)40-22(2)30(37)34-26-13-11-25(33)12-14-26/h3-20,22H,1-2H3,(H,34,37)(H,35,39)(H,36,38)/b29-20-. The van der Waals surface area contributed by atoms with E-state index >= 15 is 0 Å². The van der Waals surface area contributed by atoms with Gasteiger partial charge >= 0.3 is 0 Å². The molecule has 40 heavy (non-hydrogen) atoms. The van der Waals surface area contributed by atoms with Gasteiger partial charge < -0.3 is 16.0 Å². The van der Waals surface area contributed by atoms with E-state index in [4.69, 9.17) is 11.6 Å². The van der Waals surface area contributed by atoms with Gasteiger partial charge in [0.1, 0.15) is 5.70 Å². The van der Waals surface area contributed by atoms with Crippen LogP contribution in [0.3, 0.4) is 0 Å². The quantitative estimate of drug-likeness (QED) is 0.147. The molecule has 4 aromatic carbocycles. The lowest BCUT2D eigenvalue weighted by Crippen LogP contribution is -2.30. The Morgan fingerprint density at radius 2 is 1.45 bits per heavy atom. The maximum atomic E-state index is 13.3. The van der Waals surface area contributed by atoms with E-state index in [1.54, 1.807) is 66.7 Å². The van der Waals surface area contributed by atoms with Crippen molar-refractivity contribution in [2.45, 2.75) is 24.0 Å². The Balaban J connectivity index is 1.42. The molecule has 202 valence electrons. The van der Waals surface area contributed by atoms with Gasteiger partial charge in [-0.25, -0.2) is 0 Å². The number of carbonyl (C=O) groups is 3. The highest BCUT2D eigenvalue weighted by atomic mass is 35.5. The van der Waals surface area contributed by atoms with Gasteiger partial charge in [-0.2, -0.15) is 0 Å². The molecule has 0 aliphatic heterocycles. The predicted molar refractivity (Wildman–Crippen MR) is 164 cm³/mol. The number of hydrogen-bond donors (Lipinski definition) is 3. The van der Waals surface area contributed by atoms with Crippen molar-refractivity contribution in [1.29, 1.82) is 0 Å². The van der Waals surface area contributed by atoms with Crippen molar-refractivity contribution in [2.24, 2.45) is 0 Å². The zero-order chi connectivity index (χ0) is 28.5. The Labute approximate surface area is 242 Å². The van der Waals surface area contributed by atoms with Crippen LogP contribution in [0.2, 0.25) is 5.02 Å².